The van der Waals surface area contributed by atoms with Crippen molar-refractivity contribution in [2.24, 2.45) is 5.16 Å². The van der Waals surface area contributed by atoms with E-state index in [4.69, 9.17) is 18.9 Å². The van der Waals surface area contributed by atoms with Crippen LogP contribution in [-0.4, -0.2) is 72.6 Å². The summed E-state index contributed by atoms with van der Waals surface area (Å²) < 4.78 is 22.0. The lowest BCUT2D eigenvalue weighted by Crippen LogP contribution is -2.14. The second-order valence-corrected chi connectivity index (χ2v) is 25.7. The van der Waals surface area contributed by atoms with E-state index in [2.05, 4.69) is 189 Å². The highest BCUT2D eigenvalue weighted by atomic mass is 32.1. The van der Waals surface area contributed by atoms with Gasteiger partial charge in [0.05, 0.1) is 38.0 Å². The zero-order chi connectivity index (χ0) is 99.6. The molecule has 23 rings (SSSR count). The van der Waals surface area contributed by atoms with Crippen molar-refractivity contribution >= 4 is 87.5 Å². The summed E-state index contributed by atoms with van der Waals surface area (Å²) in [4.78, 5) is 25.2. The first kappa shape index (κ1) is 121. The molecular weight excluding hydrogens is 1680 g/mol. The van der Waals surface area contributed by atoms with Gasteiger partial charge in [0.1, 0.15) is 30.0 Å². The van der Waals surface area contributed by atoms with Crippen molar-refractivity contribution in [1.82, 2.24) is 45.8 Å². The van der Waals surface area contributed by atoms with Crippen LogP contribution in [0.5, 0.6) is 23.0 Å². The molecule has 0 fully saturated rings. The Kier molecular flexibility index (Phi) is 76.8. The number of rotatable bonds is 0. The minimum Gasteiger partial charge on any atom is -0.486 e. The number of anilines is 1. The maximum Gasteiger partial charge on any atom is 0.231 e. The fourth-order valence-electron chi connectivity index (χ4n) is 11.7. The minimum atomic E-state index is 0.360. The van der Waals surface area contributed by atoms with Gasteiger partial charge in [-0.25, -0.2) is 4.98 Å². The van der Waals surface area contributed by atoms with E-state index in [0.717, 1.165) is 80.5 Å². The van der Waals surface area contributed by atoms with Crippen LogP contribution in [0.2, 0.25) is 0 Å². The van der Waals surface area contributed by atoms with E-state index in [1.165, 1.54) is 75.0 Å². The van der Waals surface area contributed by atoms with E-state index in [-0.39, 0.29) is 0 Å². The minimum absolute atomic E-state index is 0.360. The first-order valence-corrected chi connectivity index (χ1v) is 49.7. The molecule has 5 aromatic heterocycles. The van der Waals surface area contributed by atoms with E-state index in [1.54, 1.807) is 34.9 Å². The molecule has 0 spiro atoms. The van der Waals surface area contributed by atoms with Gasteiger partial charge in [0.25, 0.3) is 0 Å². The number of hydroxylamine groups is 1. The van der Waals surface area contributed by atoms with Crippen molar-refractivity contribution in [3.8, 4) is 23.0 Å². The summed E-state index contributed by atoms with van der Waals surface area (Å²) in [5.74, 6) is 3.40. The smallest absolute Gasteiger partial charge is 0.231 e. The van der Waals surface area contributed by atoms with Gasteiger partial charge in [0.2, 0.25) is 6.79 Å². The Hall–Kier alpha value is -13.9. The summed E-state index contributed by atoms with van der Waals surface area (Å²) in [6.45, 7) is 50.8. The lowest BCUT2D eigenvalue weighted by molar-refractivity contribution is 0.0905. The number of H-pyrrole nitrogens is 1. The third-order valence-electron chi connectivity index (χ3n) is 17.2. The largest absolute Gasteiger partial charge is 0.486 e. The molecule has 12 aromatic carbocycles. The number of thiazole rings is 1. The first-order valence-electron chi connectivity index (χ1n) is 48.8. The van der Waals surface area contributed by atoms with Gasteiger partial charge in [-0.15, -0.1) is 11.3 Å². The predicted molar refractivity (Wildman–Crippen MR) is 588 cm³/mol. The van der Waals surface area contributed by atoms with Crippen molar-refractivity contribution in [3.63, 3.8) is 0 Å². The van der Waals surface area contributed by atoms with Gasteiger partial charge in [-0.05, 0) is 161 Å². The molecule has 17 heteroatoms. The van der Waals surface area contributed by atoms with Crippen molar-refractivity contribution in [2.75, 3.05) is 31.9 Å². The van der Waals surface area contributed by atoms with Crippen LogP contribution in [0.4, 0.5) is 5.69 Å². The molecule has 720 valence electrons. The molecule has 0 saturated carbocycles. The predicted octanol–water partition coefficient (Wildman–Crippen LogP) is 34.0. The number of pyridine rings is 2. The number of aryl methyl sites for hydroxylation is 3. The number of hydrogen-bond acceptors (Lipinski definition) is 16. The number of allylic oxidation sites excluding steroid dienone is 4. The number of para-hydroxylation sites is 11. The van der Waals surface area contributed by atoms with Crippen LogP contribution >= 0.6 is 11.3 Å². The molecule has 6 aliphatic rings. The average molecular weight is 1840 g/mol. The van der Waals surface area contributed by atoms with Gasteiger partial charge < -0.3 is 24.3 Å². The molecule has 4 aliphatic heterocycles. The fourth-order valence-corrected chi connectivity index (χ4v) is 12.4. The van der Waals surface area contributed by atoms with Gasteiger partial charge in [-0.3, -0.25) is 24.9 Å². The molecule has 0 radical (unpaired) electrons. The number of fused-ring (bicyclic) bond motifs is 11. The van der Waals surface area contributed by atoms with Crippen molar-refractivity contribution in [1.29, 1.82) is 0 Å². The number of hydrogen-bond donors (Lipinski definition) is 3. The van der Waals surface area contributed by atoms with E-state index in [9.17, 15) is 0 Å². The molecule has 9 heterocycles. The second-order valence-electron chi connectivity index (χ2n) is 24.8. The second kappa shape index (κ2) is 85.6. The van der Waals surface area contributed by atoms with Crippen LogP contribution in [0, 0.1) is 0 Å². The van der Waals surface area contributed by atoms with Gasteiger partial charge in [-0.1, -0.05) is 420 Å². The SMILES string of the molecule is C1=CCC2=NONC2=C1.CC.CC.CC.CC.CC.CC.CC.CC.CC.CC.CC.CC.c1ccc2c(c1)CCC2.c1ccc2c(c1)CCCN2.c1ccc2c(c1)OCCO2.c1ccc2c(c1)OCO2.c1ccc2ccccc2c1.c1ccc2cnccc2c1.c1ccc2n[nH]nc2c1.c1ccc2ncccc2c1.c1ccc2nccnc2c1.c1ccc2scnc2c1.c1ccccc1. The molecule has 0 saturated heterocycles. The molecule has 0 amide bonds. The quantitative estimate of drug-likeness (QED) is 0.130. The number of nitrogens with one attached hydrogen (secondary N) is 3. The summed E-state index contributed by atoms with van der Waals surface area (Å²) in [5.41, 5.74) is 18.3. The molecule has 0 atom stereocenters. The molecule has 0 unspecified atom stereocenters. The molecule has 3 N–H and O–H groups in total. The number of aromatic amines is 1. The molecular formula is C118H157N11O5S. The number of benzene rings is 12. The van der Waals surface area contributed by atoms with Gasteiger partial charge in [0, 0.05) is 55.0 Å². The number of ether oxygens (including phenoxy) is 4. The van der Waals surface area contributed by atoms with Crippen molar-refractivity contribution in [2.45, 2.75) is 205 Å². The Morgan fingerprint density at radius 1 is 0.304 bits per heavy atom. The fraction of sp³-hybridized carbons (Fsp3) is 0.288. The Morgan fingerprint density at radius 2 is 0.681 bits per heavy atom. The van der Waals surface area contributed by atoms with E-state index >= 15 is 0 Å². The van der Waals surface area contributed by atoms with Gasteiger partial charge in [-0.2, -0.15) is 20.9 Å². The van der Waals surface area contributed by atoms with Gasteiger partial charge in [0.15, 0.2) is 23.0 Å². The van der Waals surface area contributed by atoms with Crippen LogP contribution in [0.1, 0.15) is 202 Å². The topological polar surface area (TPSA) is 189 Å². The van der Waals surface area contributed by atoms with Gasteiger partial charge >= 0.3 is 0 Å². The van der Waals surface area contributed by atoms with Crippen LogP contribution in [0.25, 0.3) is 64.7 Å². The first-order chi connectivity index (χ1) is 67.1. The maximum absolute atomic E-state index is 5.30. The number of nitrogens with zero attached hydrogens (tertiary/aromatic N) is 8. The molecule has 0 bridgehead atoms. The summed E-state index contributed by atoms with van der Waals surface area (Å²) in [6, 6.07) is 107. The summed E-state index contributed by atoms with van der Waals surface area (Å²) >= 11 is 1.68. The monoisotopic (exact) mass is 1840 g/mol. The Labute approximate surface area is 815 Å². The number of aromatic nitrogens is 8. The number of oxime groups is 1. The highest BCUT2D eigenvalue weighted by molar-refractivity contribution is 7.16. The molecule has 17 aromatic rings. The third-order valence-corrected chi connectivity index (χ3v) is 18.1. The molecule has 16 nitrogen and oxygen atoms in total. The van der Waals surface area contributed by atoms with Crippen LogP contribution in [0.3, 0.4) is 0 Å². The lowest BCUT2D eigenvalue weighted by atomic mass is 10.0. The highest BCUT2D eigenvalue weighted by Crippen LogP contribution is 2.31. The Morgan fingerprint density at radius 3 is 1.14 bits per heavy atom. The van der Waals surface area contributed by atoms with Crippen LogP contribution in [0.15, 0.2) is 387 Å². The van der Waals surface area contributed by atoms with E-state index in [0.29, 0.717) is 20.0 Å². The van der Waals surface area contributed by atoms with Crippen LogP contribution < -0.4 is 29.7 Å². The Bertz CT molecular complexity index is 4810. The van der Waals surface area contributed by atoms with Crippen molar-refractivity contribution < 1.29 is 23.9 Å². The normalized spacial score (nSPS) is 10.8. The van der Waals surface area contributed by atoms with Crippen molar-refractivity contribution in [3.05, 3.63) is 399 Å². The average Bonchev–Trinajstić information content (AvgIpc) is 1.11. The van der Waals surface area contributed by atoms with E-state index < -0.39 is 0 Å². The molecule has 135 heavy (non-hydrogen) atoms. The zero-order valence-electron chi connectivity index (χ0n) is 85.4. The third kappa shape index (κ3) is 48.9. The summed E-state index contributed by atoms with van der Waals surface area (Å²) in [6.07, 6.45) is 22.2. The highest BCUT2D eigenvalue weighted by Gasteiger charge is 2.15. The summed E-state index contributed by atoms with van der Waals surface area (Å²) in [7, 11) is 0. The van der Waals surface area contributed by atoms with E-state index in [1.807, 2.05) is 403 Å². The zero-order valence-corrected chi connectivity index (χ0v) is 86.2. The Balaban J connectivity index is 0.00000142. The maximum atomic E-state index is 5.30. The lowest BCUT2D eigenvalue weighted by Gasteiger charge is -2.17. The van der Waals surface area contributed by atoms with Crippen LogP contribution in [-0.2, 0) is 24.2 Å². The summed E-state index contributed by atoms with van der Waals surface area (Å²) in [5, 5.41) is 23.7. The standard InChI is InChI=1S/C10H8.C9H11N.2C9H7N.C9H10.C8H6N2.C8H8O2.C7H5NS.C7H6O2.C6H5N3.C6H6N2O.C6H6.12C2H6/c1-2-6-10-8-4-3-7-9(10)5-1;2*1-2-6-9-8(4-1)5-3-7-10-9;1-2-4-9-7-10-6-5-8(9)3-1;1-2-5-9-7-3-6-8(9)4-1;2*1-2-4-8-7(3-1)9-5-6-10-8;2*1-2-4-7-6(3-1)8-5-9-7;2*1-2-4-6-5(3-1)7-9-8-6;1-2-4-6-5-3-1;12*1-2/h1-8H;1-2,4,6,10H,3,5,7H2;2*1-7H;1-2,4-5H,3,6-7H2;1-6H;1-4H,5-6H2;1-5H;1-4H,5H2;1-4H,(H,7,8,9);1-3,7H,4H2;1-6H;12*1-2H3. The molecule has 2 aliphatic carbocycles.